The first kappa shape index (κ1) is 14.0. The molecule has 1 aromatic carbocycles. The van der Waals surface area contributed by atoms with Crippen LogP contribution in [0.4, 0.5) is 0 Å². The standard InChI is InChI=1S/C15H20N2OS/c1-2-6-12(13(16)19)17-14(18)15(9-10-15)11-7-4-3-5-8-11/h3-5,7-8,12H,2,6,9-10H2,1H3,(H2,16,19)(H,17,18). The highest BCUT2D eigenvalue weighted by molar-refractivity contribution is 7.80. The van der Waals surface area contributed by atoms with Gasteiger partial charge < -0.3 is 11.1 Å². The van der Waals surface area contributed by atoms with Crippen LogP contribution in [0.5, 0.6) is 0 Å². The van der Waals surface area contributed by atoms with Gasteiger partial charge in [-0.25, -0.2) is 0 Å². The maximum atomic E-state index is 12.5. The third-order valence-electron chi connectivity index (χ3n) is 3.74. The molecule has 1 aromatic rings. The zero-order valence-corrected chi connectivity index (χ0v) is 12.0. The molecule has 0 spiro atoms. The zero-order chi connectivity index (χ0) is 13.9. The summed E-state index contributed by atoms with van der Waals surface area (Å²) in [6, 6.07) is 9.75. The molecule has 1 atom stereocenters. The summed E-state index contributed by atoms with van der Waals surface area (Å²) in [5.41, 5.74) is 6.43. The van der Waals surface area contributed by atoms with Crippen LogP contribution in [0.1, 0.15) is 38.2 Å². The second kappa shape index (κ2) is 5.70. The number of carbonyl (C=O) groups excluding carboxylic acids is 1. The van der Waals surface area contributed by atoms with Crippen LogP contribution >= 0.6 is 12.2 Å². The molecule has 1 aliphatic carbocycles. The Labute approximate surface area is 119 Å². The van der Waals surface area contributed by atoms with Crippen LogP contribution in [0.2, 0.25) is 0 Å². The minimum atomic E-state index is -0.349. The van der Waals surface area contributed by atoms with Gasteiger partial charge in [-0.15, -0.1) is 0 Å². The van der Waals surface area contributed by atoms with E-state index in [2.05, 4.69) is 12.2 Å². The van der Waals surface area contributed by atoms with E-state index in [4.69, 9.17) is 18.0 Å². The topological polar surface area (TPSA) is 55.1 Å². The molecule has 1 fully saturated rings. The van der Waals surface area contributed by atoms with E-state index in [1.807, 2.05) is 30.3 Å². The summed E-state index contributed by atoms with van der Waals surface area (Å²) in [6.45, 7) is 2.06. The van der Waals surface area contributed by atoms with Gasteiger partial charge in [0.25, 0.3) is 0 Å². The molecule has 0 heterocycles. The molecule has 3 nitrogen and oxygen atoms in total. The third kappa shape index (κ3) is 2.95. The third-order valence-corrected chi connectivity index (χ3v) is 4.02. The first-order valence-electron chi connectivity index (χ1n) is 6.76. The summed E-state index contributed by atoms with van der Waals surface area (Å²) in [6.07, 6.45) is 3.55. The lowest BCUT2D eigenvalue weighted by Gasteiger charge is -2.21. The Morgan fingerprint density at radius 3 is 2.53 bits per heavy atom. The second-order valence-corrected chi connectivity index (χ2v) is 5.64. The molecular weight excluding hydrogens is 256 g/mol. The molecule has 1 unspecified atom stereocenters. The second-order valence-electron chi connectivity index (χ2n) is 5.17. The van der Waals surface area contributed by atoms with Crippen LogP contribution in [0.15, 0.2) is 30.3 Å². The van der Waals surface area contributed by atoms with Crippen molar-refractivity contribution in [1.29, 1.82) is 0 Å². The molecule has 1 amide bonds. The van der Waals surface area contributed by atoms with Crippen molar-refractivity contribution in [3.63, 3.8) is 0 Å². The number of benzene rings is 1. The summed E-state index contributed by atoms with van der Waals surface area (Å²) in [4.78, 5) is 12.9. The van der Waals surface area contributed by atoms with Gasteiger partial charge in [0.2, 0.25) is 5.91 Å². The maximum Gasteiger partial charge on any atom is 0.231 e. The number of hydrogen-bond donors (Lipinski definition) is 2. The van der Waals surface area contributed by atoms with E-state index in [-0.39, 0.29) is 17.4 Å². The van der Waals surface area contributed by atoms with Crippen molar-refractivity contribution in [2.75, 3.05) is 0 Å². The average molecular weight is 276 g/mol. The quantitative estimate of drug-likeness (QED) is 0.784. The number of hydrogen-bond acceptors (Lipinski definition) is 2. The molecule has 0 saturated heterocycles. The van der Waals surface area contributed by atoms with E-state index >= 15 is 0 Å². The van der Waals surface area contributed by atoms with E-state index in [9.17, 15) is 4.79 Å². The Balaban J connectivity index is 2.10. The summed E-state index contributed by atoms with van der Waals surface area (Å²) in [5.74, 6) is 0.0601. The Kier molecular flexibility index (Phi) is 4.20. The summed E-state index contributed by atoms with van der Waals surface area (Å²) in [7, 11) is 0. The molecule has 0 aliphatic heterocycles. The Morgan fingerprint density at radius 2 is 2.05 bits per heavy atom. The number of amides is 1. The van der Waals surface area contributed by atoms with Crippen molar-refractivity contribution in [2.24, 2.45) is 5.73 Å². The van der Waals surface area contributed by atoms with Gasteiger partial charge in [0.05, 0.1) is 16.4 Å². The van der Waals surface area contributed by atoms with Crippen molar-refractivity contribution in [3.05, 3.63) is 35.9 Å². The molecule has 4 heteroatoms. The molecule has 102 valence electrons. The van der Waals surface area contributed by atoms with Crippen LogP contribution in [0, 0.1) is 0 Å². The normalized spacial score (nSPS) is 17.5. The lowest BCUT2D eigenvalue weighted by molar-refractivity contribution is -0.123. The SMILES string of the molecule is CCCC(NC(=O)C1(c2ccccc2)CC1)C(N)=S. The molecule has 1 saturated carbocycles. The highest BCUT2D eigenvalue weighted by Crippen LogP contribution is 2.48. The molecule has 2 rings (SSSR count). The smallest absolute Gasteiger partial charge is 0.231 e. The van der Waals surface area contributed by atoms with Gasteiger partial charge in [0, 0.05) is 0 Å². The van der Waals surface area contributed by atoms with Crippen LogP contribution in [0.3, 0.4) is 0 Å². The molecule has 0 aromatic heterocycles. The van der Waals surface area contributed by atoms with Crippen molar-refractivity contribution in [1.82, 2.24) is 5.32 Å². The van der Waals surface area contributed by atoms with Crippen LogP contribution in [0.25, 0.3) is 0 Å². The lowest BCUT2D eigenvalue weighted by atomic mass is 9.94. The van der Waals surface area contributed by atoms with Gasteiger partial charge in [0.15, 0.2) is 0 Å². The molecule has 19 heavy (non-hydrogen) atoms. The van der Waals surface area contributed by atoms with E-state index in [0.29, 0.717) is 4.99 Å². The highest BCUT2D eigenvalue weighted by atomic mass is 32.1. The molecule has 3 N–H and O–H groups in total. The molecule has 0 radical (unpaired) electrons. The van der Waals surface area contributed by atoms with Crippen LogP contribution < -0.4 is 11.1 Å². The number of nitrogens with one attached hydrogen (secondary N) is 1. The van der Waals surface area contributed by atoms with Gasteiger partial charge in [-0.3, -0.25) is 4.79 Å². The minimum absolute atomic E-state index is 0.0601. The van der Waals surface area contributed by atoms with Crippen LogP contribution in [-0.4, -0.2) is 16.9 Å². The van der Waals surface area contributed by atoms with Gasteiger partial charge in [-0.1, -0.05) is 55.9 Å². The van der Waals surface area contributed by atoms with Crippen molar-refractivity contribution >= 4 is 23.1 Å². The summed E-state index contributed by atoms with van der Waals surface area (Å²) in [5, 5.41) is 3.01. The lowest BCUT2D eigenvalue weighted by Crippen LogP contribution is -2.47. The first-order chi connectivity index (χ1) is 9.10. The monoisotopic (exact) mass is 276 g/mol. The van der Waals surface area contributed by atoms with E-state index in [1.165, 1.54) is 0 Å². The van der Waals surface area contributed by atoms with Gasteiger partial charge >= 0.3 is 0 Å². The molecule has 1 aliphatic rings. The minimum Gasteiger partial charge on any atom is -0.392 e. The Morgan fingerprint density at radius 1 is 1.42 bits per heavy atom. The number of nitrogens with two attached hydrogens (primary N) is 1. The van der Waals surface area contributed by atoms with E-state index < -0.39 is 0 Å². The van der Waals surface area contributed by atoms with Crippen molar-refractivity contribution in [2.45, 2.75) is 44.1 Å². The number of thiocarbonyl (C=S) groups is 1. The highest BCUT2D eigenvalue weighted by Gasteiger charge is 2.51. The fourth-order valence-electron chi connectivity index (χ4n) is 2.40. The van der Waals surface area contributed by atoms with Crippen molar-refractivity contribution < 1.29 is 4.79 Å². The molecular formula is C15H20N2OS. The van der Waals surface area contributed by atoms with Gasteiger partial charge in [-0.05, 0) is 24.8 Å². The van der Waals surface area contributed by atoms with Crippen LogP contribution in [-0.2, 0) is 10.2 Å². The zero-order valence-electron chi connectivity index (χ0n) is 11.2. The largest absolute Gasteiger partial charge is 0.392 e. The van der Waals surface area contributed by atoms with E-state index in [1.54, 1.807) is 0 Å². The Bertz CT molecular complexity index is 468. The predicted molar refractivity (Wildman–Crippen MR) is 81.0 cm³/mol. The fourth-order valence-corrected chi connectivity index (χ4v) is 2.58. The van der Waals surface area contributed by atoms with E-state index in [0.717, 1.165) is 31.2 Å². The van der Waals surface area contributed by atoms with Crippen molar-refractivity contribution in [3.8, 4) is 0 Å². The summed E-state index contributed by atoms with van der Waals surface area (Å²) >= 11 is 5.02. The van der Waals surface area contributed by atoms with Gasteiger partial charge in [-0.2, -0.15) is 0 Å². The maximum absolute atomic E-state index is 12.5. The van der Waals surface area contributed by atoms with Gasteiger partial charge in [0.1, 0.15) is 0 Å². The first-order valence-corrected chi connectivity index (χ1v) is 7.17. The Hall–Kier alpha value is -1.42. The average Bonchev–Trinajstić information content (AvgIpc) is 3.20. The molecule has 0 bridgehead atoms. The summed E-state index contributed by atoms with van der Waals surface area (Å²) < 4.78 is 0. The number of rotatable bonds is 6. The predicted octanol–water partition coefficient (Wildman–Crippen LogP) is 2.29. The fraction of sp³-hybridized carbons (Fsp3) is 0.467. The number of carbonyl (C=O) groups is 1.